The van der Waals surface area contributed by atoms with Crippen LogP contribution in [0.1, 0.15) is 16.4 Å². The molecule has 1 atom stereocenters. The first-order chi connectivity index (χ1) is 14.2. The summed E-state index contributed by atoms with van der Waals surface area (Å²) in [6.07, 6.45) is 0. The number of amides is 1. The molecule has 3 aromatic carbocycles. The maximum atomic E-state index is 13.0. The number of rotatable bonds is 7. The first kappa shape index (κ1) is 19.1. The summed E-state index contributed by atoms with van der Waals surface area (Å²) in [4.78, 5) is 21.0. The van der Waals surface area contributed by atoms with E-state index in [4.69, 9.17) is 4.74 Å². The van der Waals surface area contributed by atoms with Crippen molar-refractivity contribution < 1.29 is 9.53 Å². The topological polar surface area (TPSA) is 67.0 Å². The van der Waals surface area contributed by atoms with Crippen LogP contribution in [0.5, 0.6) is 5.75 Å². The molecule has 4 rings (SSSR count). The molecule has 29 heavy (non-hydrogen) atoms. The van der Waals surface area contributed by atoms with Gasteiger partial charge in [-0.25, -0.2) is 4.98 Å². The number of aromatic amines is 1. The van der Waals surface area contributed by atoms with E-state index in [0.717, 1.165) is 27.9 Å². The Labute approximate surface area is 173 Å². The third-order valence-electron chi connectivity index (χ3n) is 4.55. The molecule has 0 aliphatic heterocycles. The molecular weight excluding hydrogens is 382 g/mol. The van der Waals surface area contributed by atoms with Crippen LogP contribution in [0.25, 0.3) is 11.0 Å². The van der Waals surface area contributed by atoms with Gasteiger partial charge in [-0.2, -0.15) is 0 Å². The summed E-state index contributed by atoms with van der Waals surface area (Å²) in [6, 6.07) is 25.3. The van der Waals surface area contributed by atoms with Crippen molar-refractivity contribution >= 4 is 28.7 Å². The van der Waals surface area contributed by atoms with Crippen molar-refractivity contribution in [1.82, 2.24) is 15.3 Å². The second-order valence-corrected chi connectivity index (χ2v) is 7.63. The Kier molecular flexibility index (Phi) is 5.81. The molecule has 0 saturated carbocycles. The van der Waals surface area contributed by atoms with Crippen molar-refractivity contribution in [3.63, 3.8) is 0 Å². The molecule has 0 saturated heterocycles. The third-order valence-corrected chi connectivity index (χ3v) is 5.69. The van der Waals surface area contributed by atoms with Crippen molar-refractivity contribution in [2.24, 2.45) is 0 Å². The van der Waals surface area contributed by atoms with Gasteiger partial charge in [-0.05, 0) is 23.3 Å². The number of thioether (sulfide) groups is 1. The lowest BCUT2D eigenvalue weighted by Gasteiger charge is -2.16. The zero-order chi connectivity index (χ0) is 20.1. The standard InChI is InChI=1S/C23H21N3O2S/c1-28-18-12-13-19-20(14-18)26-23(25-19)29-21(17-10-6-3-7-11-17)22(27)24-15-16-8-4-2-5-9-16/h2-14,21H,15H2,1H3,(H,24,27)(H,25,26)/t21-/m0/s1. The normalized spacial score (nSPS) is 11.9. The molecule has 146 valence electrons. The van der Waals surface area contributed by atoms with Crippen molar-refractivity contribution in [3.8, 4) is 5.75 Å². The molecule has 0 aliphatic rings. The van der Waals surface area contributed by atoms with Gasteiger partial charge in [-0.15, -0.1) is 0 Å². The number of hydrogen-bond donors (Lipinski definition) is 2. The van der Waals surface area contributed by atoms with Crippen molar-refractivity contribution in [3.05, 3.63) is 90.0 Å². The van der Waals surface area contributed by atoms with Crippen LogP contribution in [0, 0.1) is 0 Å². The van der Waals surface area contributed by atoms with Crippen LogP contribution in [0.15, 0.2) is 84.0 Å². The SMILES string of the molecule is COc1ccc2nc(S[C@H](C(=O)NCc3ccccc3)c3ccccc3)[nH]c2c1. The van der Waals surface area contributed by atoms with Gasteiger partial charge in [0.15, 0.2) is 5.16 Å². The van der Waals surface area contributed by atoms with Gasteiger partial charge in [0.2, 0.25) is 5.91 Å². The van der Waals surface area contributed by atoms with E-state index in [0.29, 0.717) is 11.7 Å². The number of benzene rings is 3. The van der Waals surface area contributed by atoms with Crippen molar-refractivity contribution in [1.29, 1.82) is 0 Å². The average Bonchev–Trinajstić information content (AvgIpc) is 3.19. The number of methoxy groups -OCH3 is 1. The highest BCUT2D eigenvalue weighted by atomic mass is 32.2. The van der Waals surface area contributed by atoms with Crippen LogP contribution < -0.4 is 10.1 Å². The zero-order valence-electron chi connectivity index (χ0n) is 16.0. The number of imidazole rings is 1. The van der Waals surface area contributed by atoms with Gasteiger partial charge in [0, 0.05) is 12.6 Å². The Hall–Kier alpha value is -3.25. The summed E-state index contributed by atoms with van der Waals surface area (Å²) in [5, 5.41) is 3.33. The maximum absolute atomic E-state index is 13.0. The minimum absolute atomic E-state index is 0.0527. The molecule has 4 aromatic rings. The van der Waals surface area contributed by atoms with Crippen LogP contribution in [0.2, 0.25) is 0 Å². The number of hydrogen-bond acceptors (Lipinski definition) is 4. The number of carbonyl (C=O) groups excluding carboxylic acids is 1. The highest BCUT2D eigenvalue weighted by Crippen LogP contribution is 2.35. The second kappa shape index (κ2) is 8.84. The first-order valence-electron chi connectivity index (χ1n) is 9.30. The molecule has 1 aromatic heterocycles. The molecule has 6 heteroatoms. The molecule has 0 fully saturated rings. The minimum Gasteiger partial charge on any atom is -0.497 e. The lowest BCUT2D eigenvalue weighted by molar-refractivity contribution is -0.120. The molecular formula is C23H21N3O2S. The number of fused-ring (bicyclic) bond motifs is 1. The summed E-state index contributed by atoms with van der Waals surface area (Å²) in [5.41, 5.74) is 3.71. The Morgan fingerprint density at radius 1 is 1.07 bits per heavy atom. The fraction of sp³-hybridized carbons (Fsp3) is 0.130. The fourth-order valence-electron chi connectivity index (χ4n) is 3.04. The Morgan fingerprint density at radius 2 is 1.79 bits per heavy atom. The quantitative estimate of drug-likeness (QED) is 0.438. The van der Waals surface area contributed by atoms with E-state index >= 15 is 0 Å². The molecule has 0 aliphatic carbocycles. The number of nitrogens with zero attached hydrogens (tertiary/aromatic N) is 1. The molecule has 0 bridgehead atoms. The first-order valence-corrected chi connectivity index (χ1v) is 10.2. The molecule has 1 heterocycles. The predicted octanol–water partition coefficient (Wildman–Crippen LogP) is 4.72. The van der Waals surface area contributed by atoms with E-state index in [9.17, 15) is 4.79 Å². The van der Waals surface area contributed by atoms with Gasteiger partial charge in [-0.3, -0.25) is 4.79 Å². The van der Waals surface area contributed by atoms with Gasteiger partial charge < -0.3 is 15.0 Å². The maximum Gasteiger partial charge on any atom is 0.238 e. The van der Waals surface area contributed by atoms with Crippen LogP contribution >= 0.6 is 11.8 Å². The van der Waals surface area contributed by atoms with Gasteiger partial charge in [0.05, 0.1) is 18.1 Å². The highest BCUT2D eigenvalue weighted by Gasteiger charge is 2.23. The van der Waals surface area contributed by atoms with Crippen LogP contribution in [0.3, 0.4) is 0 Å². The lowest BCUT2D eigenvalue weighted by atomic mass is 10.1. The van der Waals surface area contributed by atoms with Gasteiger partial charge in [-0.1, -0.05) is 72.4 Å². The van der Waals surface area contributed by atoms with Crippen LogP contribution in [-0.4, -0.2) is 23.0 Å². The van der Waals surface area contributed by atoms with Crippen molar-refractivity contribution in [2.75, 3.05) is 7.11 Å². The summed E-state index contributed by atoms with van der Waals surface area (Å²) in [7, 11) is 1.63. The Morgan fingerprint density at radius 3 is 2.52 bits per heavy atom. The largest absolute Gasteiger partial charge is 0.497 e. The monoisotopic (exact) mass is 403 g/mol. The smallest absolute Gasteiger partial charge is 0.238 e. The number of carbonyl (C=O) groups is 1. The molecule has 1 amide bonds. The van der Waals surface area contributed by atoms with E-state index in [-0.39, 0.29) is 5.91 Å². The average molecular weight is 404 g/mol. The number of nitrogens with one attached hydrogen (secondary N) is 2. The zero-order valence-corrected chi connectivity index (χ0v) is 16.8. The van der Waals surface area contributed by atoms with Gasteiger partial charge in [0.1, 0.15) is 11.0 Å². The van der Waals surface area contributed by atoms with E-state index in [1.807, 2.05) is 78.9 Å². The van der Waals surface area contributed by atoms with E-state index in [1.165, 1.54) is 11.8 Å². The minimum atomic E-state index is -0.414. The molecule has 0 spiro atoms. The van der Waals surface area contributed by atoms with Crippen LogP contribution in [0.4, 0.5) is 0 Å². The summed E-state index contributed by atoms with van der Waals surface area (Å²) < 4.78 is 5.28. The fourth-order valence-corrected chi connectivity index (χ4v) is 4.07. The summed E-state index contributed by atoms with van der Waals surface area (Å²) in [6.45, 7) is 0.487. The molecule has 2 N–H and O–H groups in total. The van der Waals surface area contributed by atoms with Gasteiger partial charge >= 0.3 is 0 Å². The predicted molar refractivity (Wildman–Crippen MR) is 116 cm³/mol. The summed E-state index contributed by atoms with van der Waals surface area (Å²) in [5.74, 6) is 0.709. The molecule has 0 radical (unpaired) electrons. The van der Waals surface area contributed by atoms with E-state index < -0.39 is 5.25 Å². The number of aromatic nitrogens is 2. The Balaban J connectivity index is 1.56. The molecule has 0 unspecified atom stereocenters. The van der Waals surface area contributed by atoms with Gasteiger partial charge in [0.25, 0.3) is 0 Å². The molecule has 5 nitrogen and oxygen atoms in total. The Bertz CT molecular complexity index is 1100. The third kappa shape index (κ3) is 4.60. The number of ether oxygens (including phenoxy) is 1. The van der Waals surface area contributed by atoms with Crippen molar-refractivity contribution in [2.45, 2.75) is 17.0 Å². The number of H-pyrrole nitrogens is 1. The lowest BCUT2D eigenvalue weighted by Crippen LogP contribution is -2.27. The van der Waals surface area contributed by atoms with E-state index in [2.05, 4.69) is 15.3 Å². The summed E-state index contributed by atoms with van der Waals surface area (Å²) >= 11 is 1.40. The van der Waals surface area contributed by atoms with E-state index in [1.54, 1.807) is 7.11 Å². The second-order valence-electron chi connectivity index (χ2n) is 6.54. The highest BCUT2D eigenvalue weighted by molar-refractivity contribution is 8.00. The van der Waals surface area contributed by atoms with Crippen LogP contribution in [-0.2, 0) is 11.3 Å².